The highest BCUT2D eigenvalue weighted by molar-refractivity contribution is 7.80. The van der Waals surface area contributed by atoms with Gasteiger partial charge in [0.1, 0.15) is 0 Å². The second-order valence-corrected chi connectivity index (χ2v) is 4.89. The van der Waals surface area contributed by atoms with Crippen LogP contribution in [0.25, 0.3) is 0 Å². The smallest absolute Gasteiger partial charge is 0.254 e. The van der Waals surface area contributed by atoms with Gasteiger partial charge >= 0.3 is 0 Å². The van der Waals surface area contributed by atoms with Crippen molar-refractivity contribution in [1.29, 1.82) is 0 Å². The minimum absolute atomic E-state index is 0.0596. The second kappa shape index (κ2) is 6.50. The number of amides is 1. The van der Waals surface area contributed by atoms with Crippen LogP contribution >= 0.6 is 12.2 Å². The van der Waals surface area contributed by atoms with E-state index in [1.165, 1.54) is 0 Å². The molecule has 0 unspecified atom stereocenters. The van der Waals surface area contributed by atoms with Crippen LogP contribution in [0.15, 0.2) is 18.2 Å². The Morgan fingerprint density at radius 1 is 1.33 bits per heavy atom. The fourth-order valence-corrected chi connectivity index (χ4v) is 2.05. The SMILES string of the molecule is CCN(CCC(N)=S)C(=O)c1c(C)cccc1C. The minimum atomic E-state index is 0.0596. The summed E-state index contributed by atoms with van der Waals surface area (Å²) in [6, 6.07) is 5.88. The lowest BCUT2D eigenvalue weighted by Gasteiger charge is -2.22. The van der Waals surface area contributed by atoms with E-state index in [4.69, 9.17) is 18.0 Å². The average molecular weight is 264 g/mol. The normalized spacial score (nSPS) is 10.2. The van der Waals surface area contributed by atoms with Crippen molar-refractivity contribution in [2.45, 2.75) is 27.2 Å². The van der Waals surface area contributed by atoms with Gasteiger partial charge in [0.2, 0.25) is 0 Å². The molecule has 1 aromatic carbocycles. The number of carbonyl (C=O) groups is 1. The standard InChI is InChI=1S/C14H20N2OS/c1-4-16(9-8-12(15)18)14(17)13-10(2)6-5-7-11(13)3/h5-7H,4,8-9H2,1-3H3,(H2,15,18). The van der Waals surface area contributed by atoms with Gasteiger partial charge in [0.15, 0.2) is 0 Å². The van der Waals surface area contributed by atoms with Crippen molar-refractivity contribution in [3.05, 3.63) is 34.9 Å². The molecule has 1 aromatic rings. The number of thiocarbonyl (C=S) groups is 1. The number of carbonyl (C=O) groups excluding carboxylic acids is 1. The Morgan fingerprint density at radius 2 is 1.89 bits per heavy atom. The molecule has 0 aliphatic rings. The van der Waals surface area contributed by atoms with Crippen molar-refractivity contribution >= 4 is 23.1 Å². The topological polar surface area (TPSA) is 46.3 Å². The van der Waals surface area contributed by atoms with Crippen molar-refractivity contribution in [3.63, 3.8) is 0 Å². The number of hydrogen-bond acceptors (Lipinski definition) is 2. The Labute approximate surface area is 114 Å². The summed E-state index contributed by atoms with van der Waals surface area (Å²) in [5.41, 5.74) is 8.30. The molecule has 0 fully saturated rings. The van der Waals surface area contributed by atoms with Crippen molar-refractivity contribution in [1.82, 2.24) is 4.90 Å². The average Bonchev–Trinajstić information content (AvgIpc) is 2.29. The summed E-state index contributed by atoms with van der Waals surface area (Å²) in [5.74, 6) is 0.0596. The van der Waals surface area contributed by atoms with E-state index in [0.717, 1.165) is 16.7 Å². The lowest BCUT2D eigenvalue weighted by molar-refractivity contribution is 0.0767. The summed E-state index contributed by atoms with van der Waals surface area (Å²) in [4.78, 5) is 14.7. The Hall–Kier alpha value is -1.42. The maximum atomic E-state index is 12.5. The highest BCUT2D eigenvalue weighted by Crippen LogP contribution is 2.16. The van der Waals surface area contributed by atoms with Crippen molar-refractivity contribution < 1.29 is 4.79 Å². The van der Waals surface area contributed by atoms with Gasteiger partial charge in [-0.25, -0.2) is 0 Å². The van der Waals surface area contributed by atoms with Gasteiger partial charge in [-0.2, -0.15) is 0 Å². The zero-order chi connectivity index (χ0) is 13.7. The molecule has 4 heteroatoms. The third kappa shape index (κ3) is 3.53. The maximum Gasteiger partial charge on any atom is 0.254 e. The lowest BCUT2D eigenvalue weighted by Crippen LogP contribution is -2.34. The van der Waals surface area contributed by atoms with Gasteiger partial charge in [0.25, 0.3) is 5.91 Å². The molecule has 1 rings (SSSR count). The van der Waals surface area contributed by atoms with Crippen LogP contribution in [0.2, 0.25) is 0 Å². The second-order valence-electron chi connectivity index (χ2n) is 4.37. The molecule has 98 valence electrons. The summed E-state index contributed by atoms with van der Waals surface area (Å²) in [5, 5.41) is 0. The van der Waals surface area contributed by atoms with Gasteiger partial charge in [-0.1, -0.05) is 30.4 Å². The molecule has 0 saturated carbocycles. The molecule has 2 N–H and O–H groups in total. The zero-order valence-electron chi connectivity index (χ0n) is 11.2. The lowest BCUT2D eigenvalue weighted by atomic mass is 10.0. The van der Waals surface area contributed by atoms with Crippen LogP contribution < -0.4 is 5.73 Å². The predicted molar refractivity (Wildman–Crippen MR) is 78.9 cm³/mol. The molecule has 18 heavy (non-hydrogen) atoms. The van der Waals surface area contributed by atoms with Crippen LogP contribution in [0.3, 0.4) is 0 Å². The van der Waals surface area contributed by atoms with Crippen molar-refractivity contribution in [2.24, 2.45) is 5.73 Å². The largest absolute Gasteiger partial charge is 0.393 e. The molecule has 0 bridgehead atoms. The van der Waals surface area contributed by atoms with E-state index in [1.807, 2.05) is 39.0 Å². The van der Waals surface area contributed by atoms with Crippen molar-refractivity contribution in [2.75, 3.05) is 13.1 Å². The fraction of sp³-hybridized carbons (Fsp3) is 0.429. The molecular weight excluding hydrogens is 244 g/mol. The summed E-state index contributed by atoms with van der Waals surface area (Å²) in [6.07, 6.45) is 0.569. The third-order valence-electron chi connectivity index (χ3n) is 2.99. The molecule has 0 aliphatic carbocycles. The summed E-state index contributed by atoms with van der Waals surface area (Å²) < 4.78 is 0. The van der Waals surface area contributed by atoms with Gasteiger partial charge in [-0.05, 0) is 31.9 Å². The molecule has 0 saturated heterocycles. The number of aryl methyl sites for hydroxylation is 2. The monoisotopic (exact) mass is 264 g/mol. The first kappa shape index (κ1) is 14.6. The number of nitrogens with two attached hydrogens (primary N) is 1. The molecule has 0 atom stereocenters. The molecule has 0 spiro atoms. The number of nitrogens with zero attached hydrogens (tertiary/aromatic N) is 1. The van der Waals surface area contributed by atoms with E-state index < -0.39 is 0 Å². The zero-order valence-corrected chi connectivity index (χ0v) is 12.0. The number of hydrogen-bond donors (Lipinski definition) is 1. The van der Waals surface area contributed by atoms with E-state index in [9.17, 15) is 4.79 Å². The van der Waals surface area contributed by atoms with Gasteiger partial charge in [0, 0.05) is 25.1 Å². The fourth-order valence-electron chi connectivity index (χ4n) is 1.96. The van der Waals surface area contributed by atoms with Crippen LogP contribution in [0.5, 0.6) is 0 Å². The molecule has 0 aromatic heterocycles. The highest BCUT2D eigenvalue weighted by Gasteiger charge is 2.17. The predicted octanol–water partition coefficient (Wildman–Crippen LogP) is 2.44. The molecular formula is C14H20N2OS. The first-order valence-electron chi connectivity index (χ1n) is 6.11. The maximum absolute atomic E-state index is 12.5. The summed E-state index contributed by atoms with van der Waals surface area (Å²) >= 11 is 4.86. The van der Waals surface area contributed by atoms with Gasteiger partial charge in [-0.3, -0.25) is 4.79 Å². The van der Waals surface area contributed by atoms with E-state index in [-0.39, 0.29) is 5.91 Å². The Kier molecular flexibility index (Phi) is 5.28. The van der Waals surface area contributed by atoms with Crippen LogP contribution in [0, 0.1) is 13.8 Å². The van der Waals surface area contributed by atoms with Crippen molar-refractivity contribution in [3.8, 4) is 0 Å². The van der Waals surface area contributed by atoms with Crippen LogP contribution in [-0.4, -0.2) is 28.9 Å². The first-order valence-corrected chi connectivity index (χ1v) is 6.52. The molecule has 3 nitrogen and oxygen atoms in total. The van der Waals surface area contributed by atoms with Gasteiger partial charge in [0.05, 0.1) is 4.99 Å². The molecule has 1 amide bonds. The van der Waals surface area contributed by atoms with Gasteiger partial charge < -0.3 is 10.6 Å². The third-order valence-corrected chi connectivity index (χ3v) is 3.20. The molecule has 0 radical (unpaired) electrons. The van der Waals surface area contributed by atoms with E-state index in [1.54, 1.807) is 4.90 Å². The Morgan fingerprint density at radius 3 is 2.33 bits per heavy atom. The highest BCUT2D eigenvalue weighted by atomic mass is 32.1. The van der Waals surface area contributed by atoms with Crippen LogP contribution in [0.4, 0.5) is 0 Å². The minimum Gasteiger partial charge on any atom is -0.393 e. The molecule has 0 aliphatic heterocycles. The quantitative estimate of drug-likeness (QED) is 0.831. The number of benzene rings is 1. The Balaban J connectivity index is 2.93. The Bertz CT molecular complexity index is 437. The van der Waals surface area contributed by atoms with Crippen LogP contribution in [0.1, 0.15) is 34.8 Å². The summed E-state index contributed by atoms with van der Waals surface area (Å²) in [7, 11) is 0. The van der Waals surface area contributed by atoms with E-state index >= 15 is 0 Å². The number of rotatable bonds is 5. The molecule has 0 heterocycles. The first-order chi connectivity index (χ1) is 8.47. The van der Waals surface area contributed by atoms with E-state index in [2.05, 4.69) is 0 Å². The summed E-state index contributed by atoms with van der Waals surface area (Å²) in [6.45, 7) is 7.13. The van der Waals surface area contributed by atoms with Gasteiger partial charge in [-0.15, -0.1) is 0 Å². The van der Waals surface area contributed by atoms with E-state index in [0.29, 0.717) is 24.5 Å². The van der Waals surface area contributed by atoms with Crippen LogP contribution in [-0.2, 0) is 0 Å².